The Balaban J connectivity index is 0.000001000. The summed E-state index contributed by atoms with van der Waals surface area (Å²) in [4.78, 5) is 15.3. The first-order valence-corrected chi connectivity index (χ1v) is 5.57. The van der Waals surface area contributed by atoms with Crippen LogP contribution in [0.25, 0.3) is 11.2 Å². The molecule has 0 saturated heterocycles. The van der Waals surface area contributed by atoms with Crippen LogP contribution >= 0.6 is 24.8 Å². The summed E-state index contributed by atoms with van der Waals surface area (Å²) in [5.41, 5.74) is 8.14. The van der Waals surface area contributed by atoms with E-state index in [1.807, 2.05) is 30.3 Å². The number of aromatic amines is 1. The number of fused-ring (bicyclic) bond motifs is 1. The first-order chi connectivity index (χ1) is 8.83. The Labute approximate surface area is 128 Å². The van der Waals surface area contributed by atoms with Gasteiger partial charge in [0.2, 0.25) is 5.95 Å². The zero-order chi connectivity index (χ0) is 12.4. The summed E-state index contributed by atoms with van der Waals surface area (Å²) >= 11 is 0. The van der Waals surface area contributed by atoms with Gasteiger partial charge in [0, 0.05) is 6.54 Å². The minimum atomic E-state index is 0. The van der Waals surface area contributed by atoms with Gasteiger partial charge in [0.15, 0.2) is 11.5 Å². The van der Waals surface area contributed by atoms with Crippen molar-refractivity contribution in [1.29, 1.82) is 0 Å². The molecule has 0 fully saturated rings. The number of hydrogen-bond donors (Lipinski definition) is 3. The summed E-state index contributed by atoms with van der Waals surface area (Å²) in [5.74, 6) is 0.879. The number of nitrogens with two attached hydrogens (primary N) is 1. The third-order valence-electron chi connectivity index (χ3n) is 2.61. The van der Waals surface area contributed by atoms with E-state index >= 15 is 0 Å². The highest BCUT2D eigenvalue weighted by Crippen LogP contribution is 2.17. The van der Waals surface area contributed by atoms with Crippen LogP contribution in [-0.2, 0) is 6.54 Å². The summed E-state index contributed by atoms with van der Waals surface area (Å²) in [6.45, 7) is 0.672. The van der Waals surface area contributed by atoms with Gasteiger partial charge in [-0.05, 0) is 5.56 Å². The van der Waals surface area contributed by atoms with Crippen molar-refractivity contribution in [3.8, 4) is 0 Å². The first-order valence-electron chi connectivity index (χ1n) is 5.57. The van der Waals surface area contributed by atoms with E-state index in [0.29, 0.717) is 18.0 Å². The number of anilines is 2. The van der Waals surface area contributed by atoms with Crippen molar-refractivity contribution < 1.29 is 0 Å². The molecule has 0 aliphatic carbocycles. The van der Waals surface area contributed by atoms with Crippen LogP contribution in [0.2, 0.25) is 0 Å². The van der Waals surface area contributed by atoms with Gasteiger partial charge in [-0.2, -0.15) is 9.97 Å². The number of halogens is 2. The lowest BCUT2D eigenvalue weighted by Crippen LogP contribution is -2.05. The molecular formula is C12H14Cl2N6. The number of aromatic nitrogens is 4. The highest BCUT2D eigenvalue weighted by Gasteiger charge is 2.07. The molecule has 6 nitrogen and oxygen atoms in total. The maximum absolute atomic E-state index is 5.64. The predicted octanol–water partition coefficient (Wildman–Crippen LogP) is 2.39. The number of nitrogens with zero attached hydrogens (tertiary/aromatic N) is 3. The molecule has 0 saturated carbocycles. The van der Waals surface area contributed by atoms with Crippen molar-refractivity contribution in [2.45, 2.75) is 6.54 Å². The Morgan fingerprint density at radius 1 is 1.10 bits per heavy atom. The van der Waals surface area contributed by atoms with Crippen LogP contribution in [0.4, 0.5) is 11.8 Å². The fraction of sp³-hybridized carbons (Fsp3) is 0.0833. The van der Waals surface area contributed by atoms with Crippen LogP contribution < -0.4 is 11.1 Å². The number of benzene rings is 1. The molecule has 4 N–H and O–H groups in total. The number of hydrogen-bond acceptors (Lipinski definition) is 5. The molecule has 0 spiro atoms. The predicted molar refractivity (Wildman–Crippen MR) is 84.4 cm³/mol. The van der Waals surface area contributed by atoms with E-state index in [-0.39, 0.29) is 30.8 Å². The zero-order valence-electron chi connectivity index (χ0n) is 10.4. The third-order valence-corrected chi connectivity index (χ3v) is 2.61. The summed E-state index contributed by atoms with van der Waals surface area (Å²) in [6, 6.07) is 10.1. The average molecular weight is 313 g/mol. The lowest BCUT2D eigenvalue weighted by atomic mass is 10.2. The van der Waals surface area contributed by atoms with Crippen molar-refractivity contribution in [3.05, 3.63) is 42.2 Å². The molecule has 3 rings (SSSR count). The van der Waals surface area contributed by atoms with Gasteiger partial charge in [0.1, 0.15) is 5.52 Å². The number of imidazole rings is 1. The largest absolute Gasteiger partial charge is 0.368 e. The number of rotatable bonds is 3. The van der Waals surface area contributed by atoms with Crippen molar-refractivity contribution >= 4 is 47.7 Å². The third kappa shape index (κ3) is 3.28. The van der Waals surface area contributed by atoms with Crippen LogP contribution in [0.1, 0.15) is 5.56 Å². The molecule has 0 radical (unpaired) electrons. The molecule has 1 aromatic carbocycles. The number of nitrogens with one attached hydrogen (secondary N) is 2. The zero-order valence-corrected chi connectivity index (χ0v) is 12.0. The summed E-state index contributed by atoms with van der Waals surface area (Å²) in [6.07, 6.45) is 1.58. The SMILES string of the molecule is Cl.Cl.Nc1nc(NCc2ccccc2)c2[nH]cnc2n1. The van der Waals surface area contributed by atoms with Crippen LogP contribution in [-0.4, -0.2) is 19.9 Å². The molecule has 0 unspecified atom stereocenters. The smallest absolute Gasteiger partial charge is 0.224 e. The molecule has 0 atom stereocenters. The molecule has 0 bridgehead atoms. The van der Waals surface area contributed by atoms with Crippen LogP contribution in [0.3, 0.4) is 0 Å². The van der Waals surface area contributed by atoms with E-state index in [1.165, 1.54) is 5.56 Å². The minimum absolute atomic E-state index is 0. The lowest BCUT2D eigenvalue weighted by Gasteiger charge is -2.06. The summed E-state index contributed by atoms with van der Waals surface area (Å²) < 4.78 is 0. The first kappa shape index (κ1) is 16.0. The fourth-order valence-corrected chi connectivity index (χ4v) is 1.76. The normalized spacial score (nSPS) is 9.60. The maximum Gasteiger partial charge on any atom is 0.224 e. The second-order valence-corrected chi connectivity index (χ2v) is 3.87. The molecule has 106 valence electrons. The van der Waals surface area contributed by atoms with Crippen LogP contribution in [0.15, 0.2) is 36.7 Å². The van der Waals surface area contributed by atoms with Crippen LogP contribution in [0.5, 0.6) is 0 Å². The second kappa shape index (κ2) is 6.93. The minimum Gasteiger partial charge on any atom is -0.368 e. The Bertz CT molecular complexity index is 670. The van der Waals surface area contributed by atoms with Crippen molar-refractivity contribution in [3.63, 3.8) is 0 Å². The van der Waals surface area contributed by atoms with Gasteiger partial charge in [-0.15, -0.1) is 24.8 Å². The molecule has 20 heavy (non-hydrogen) atoms. The molecular weight excluding hydrogens is 299 g/mol. The Morgan fingerprint density at radius 3 is 2.60 bits per heavy atom. The van der Waals surface area contributed by atoms with E-state index in [9.17, 15) is 0 Å². The molecule has 3 aromatic rings. The summed E-state index contributed by atoms with van der Waals surface area (Å²) in [5, 5.41) is 3.23. The molecule has 0 aliphatic heterocycles. The summed E-state index contributed by atoms with van der Waals surface area (Å²) in [7, 11) is 0. The van der Waals surface area contributed by atoms with Crippen molar-refractivity contribution in [2.24, 2.45) is 0 Å². The average Bonchev–Trinajstić information content (AvgIpc) is 2.85. The topological polar surface area (TPSA) is 92.5 Å². The molecule has 0 aliphatic rings. The van der Waals surface area contributed by atoms with Crippen molar-refractivity contribution in [2.75, 3.05) is 11.1 Å². The van der Waals surface area contributed by atoms with Gasteiger partial charge in [-0.25, -0.2) is 4.98 Å². The lowest BCUT2D eigenvalue weighted by molar-refractivity contribution is 1.10. The fourth-order valence-electron chi connectivity index (χ4n) is 1.76. The van der Waals surface area contributed by atoms with Gasteiger partial charge in [0.05, 0.1) is 6.33 Å². The molecule has 8 heteroatoms. The van der Waals surface area contributed by atoms with E-state index in [1.54, 1.807) is 6.33 Å². The monoisotopic (exact) mass is 312 g/mol. The highest BCUT2D eigenvalue weighted by atomic mass is 35.5. The highest BCUT2D eigenvalue weighted by molar-refractivity contribution is 5.85. The quantitative estimate of drug-likeness (QED) is 0.690. The second-order valence-electron chi connectivity index (χ2n) is 3.87. The van der Waals surface area contributed by atoms with E-state index in [2.05, 4.69) is 25.3 Å². The van der Waals surface area contributed by atoms with Gasteiger partial charge in [-0.3, -0.25) is 0 Å². The van der Waals surface area contributed by atoms with Gasteiger partial charge >= 0.3 is 0 Å². The van der Waals surface area contributed by atoms with Gasteiger partial charge in [0.25, 0.3) is 0 Å². The van der Waals surface area contributed by atoms with E-state index in [4.69, 9.17) is 5.73 Å². The maximum atomic E-state index is 5.64. The van der Waals surface area contributed by atoms with E-state index in [0.717, 1.165) is 5.52 Å². The number of nitrogen functional groups attached to an aromatic ring is 1. The van der Waals surface area contributed by atoms with Crippen LogP contribution in [0, 0.1) is 0 Å². The number of H-pyrrole nitrogens is 1. The molecule has 2 heterocycles. The molecule has 2 aromatic heterocycles. The van der Waals surface area contributed by atoms with Gasteiger partial charge in [-0.1, -0.05) is 30.3 Å². The standard InChI is InChI=1S/C12H12N6.2ClH/c13-12-17-10(9-11(18-12)16-7-15-9)14-6-8-4-2-1-3-5-8;;/h1-5,7H,6H2,(H4,13,14,15,16,17,18);2*1H. The molecule has 0 amide bonds. The van der Waals surface area contributed by atoms with Gasteiger partial charge < -0.3 is 16.0 Å². The Morgan fingerprint density at radius 2 is 1.85 bits per heavy atom. The van der Waals surface area contributed by atoms with Crippen molar-refractivity contribution in [1.82, 2.24) is 19.9 Å². The Hall–Kier alpha value is -2.05. The van der Waals surface area contributed by atoms with E-state index < -0.39 is 0 Å². The Kier molecular flexibility index (Phi) is 5.54.